The summed E-state index contributed by atoms with van der Waals surface area (Å²) in [6.07, 6.45) is 6.76. The lowest BCUT2D eigenvalue weighted by atomic mass is 9.92. The number of nitrogens with one attached hydrogen (secondary N) is 1. The summed E-state index contributed by atoms with van der Waals surface area (Å²) in [7, 11) is 0. The van der Waals surface area contributed by atoms with Crippen LogP contribution in [0.1, 0.15) is 32.9 Å². The molecule has 1 saturated heterocycles. The van der Waals surface area contributed by atoms with Crippen molar-refractivity contribution in [2.24, 2.45) is 11.1 Å². The number of aliphatic hydroxyl groups excluding tert-OH is 1. The fraction of sp³-hybridized carbons (Fsp3) is 0.474. The van der Waals surface area contributed by atoms with Crippen LogP contribution >= 0.6 is 0 Å². The van der Waals surface area contributed by atoms with Crippen LogP contribution in [0.3, 0.4) is 0 Å². The van der Waals surface area contributed by atoms with Crippen molar-refractivity contribution < 1.29 is 14.2 Å². The van der Waals surface area contributed by atoms with E-state index in [1.165, 1.54) is 16.8 Å². The van der Waals surface area contributed by atoms with Gasteiger partial charge in [-0.15, -0.1) is 5.10 Å². The molecule has 3 rings (SSSR count). The number of rotatable bonds is 4. The zero-order chi connectivity index (χ0) is 19.6. The lowest BCUT2D eigenvalue weighted by Crippen LogP contribution is -2.42. The number of allylic oxidation sites excluding steroid dienone is 3. The molecular weight excluding hydrogens is 349 g/mol. The van der Waals surface area contributed by atoms with Crippen LogP contribution in [-0.2, 0) is 4.74 Å². The smallest absolute Gasteiger partial charge is 0.241 e. The number of aliphatic hydroxyl groups is 1. The Morgan fingerprint density at radius 3 is 2.96 bits per heavy atom. The van der Waals surface area contributed by atoms with Gasteiger partial charge in [-0.25, -0.2) is 13.9 Å². The van der Waals surface area contributed by atoms with E-state index in [2.05, 4.69) is 15.4 Å². The van der Waals surface area contributed by atoms with Crippen LogP contribution in [-0.4, -0.2) is 45.1 Å². The minimum absolute atomic E-state index is 0.138. The van der Waals surface area contributed by atoms with Gasteiger partial charge in [0.15, 0.2) is 5.82 Å². The quantitative estimate of drug-likeness (QED) is 0.710. The number of nitrogens with two attached hydrogens (primary N) is 1. The molecule has 0 saturated carbocycles. The van der Waals surface area contributed by atoms with E-state index in [1.54, 1.807) is 18.2 Å². The Hall–Kier alpha value is -2.45. The van der Waals surface area contributed by atoms with Gasteiger partial charge in [-0.3, -0.25) is 0 Å². The van der Waals surface area contributed by atoms with Crippen molar-refractivity contribution in [1.82, 2.24) is 14.6 Å². The van der Waals surface area contributed by atoms with E-state index in [1.807, 2.05) is 20.8 Å². The Kier molecular flexibility index (Phi) is 5.48. The van der Waals surface area contributed by atoms with Crippen LogP contribution in [0.5, 0.6) is 0 Å². The van der Waals surface area contributed by atoms with Crippen molar-refractivity contribution >= 4 is 17.5 Å². The van der Waals surface area contributed by atoms with Crippen LogP contribution in [0.25, 0.3) is 11.6 Å². The number of anilines is 1. The van der Waals surface area contributed by atoms with E-state index in [4.69, 9.17) is 10.5 Å². The molecule has 2 aromatic rings. The Labute approximate surface area is 157 Å². The molecule has 27 heavy (non-hydrogen) atoms. The molecule has 146 valence electrons. The first-order valence-corrected chi connectivity index (χ1v) is 8.96. The highest BCUT2D eigenvalue weighted by atomic mass is 19.1. The highest BCUT2D eigenvalue weighted by Crippen LogP contribution is 2.21. The maximum Gasteiger partial charge on any atom is 0.241 e. The fourth-order valence-electron chi connectivity index (χ4n) is 2.72. The van der Waals surface area contributed by atoms with Gasteiger partial charge in [-0.1, -0.05) is 26.8 Å². The van der Waals surface area contributed by atoms with Gasteiger partial charge in [-0.2, -0.15) is 0 Å². The first-order chi connectivity index (χ1) is 12.8. The number of hydrogen-bond donors (Lipinski definition) is 3. The number of ether oxygens (including phenoxy) is 1. The molecule has 1 fully saturated rings. The van der Waals surface area contributed by atoms with Gasteiger partial charge in [-0.05, 0) is 18.6 Å². The molecule has 7 nitrogen and oxygen atoms in total. The normalized spacial score (nSPS) is 21.9. The zero-order valence-corrected chi connectivity index (χ0v) is 15.8. The van der Waals surface area contributed by atoms with Crippen LogP contribution < -0.4 is 11.1 Å². The average molecular weight is 375 g/mol. The summed E-state index contributed by atoms with van der Waals surface area (Å²) >= 11 is 0. The van der Waals surface area contributed by atoms with Crippen LogP contribution in [0.15, 0.2) is 30.1 Å². The molecule has 4 N–H and O–H groups in total. The number of nitrogens with zero attached hydrogens (tertiary/aromatic N) is 3. The second-order valence-electron chi connectivity index (χ2n) is 7.71. The van der Waals surface area contributed by atoms with Crippen LogP contribution in [0, 0.1) is 11.2 Å². The Morgan fingerprint density at radius 2 is 2.26 bits per heavy atom. The molecule has 0 aromatic carbocycles. The third-order valence-corrected chi connectivity index (χ3v) is 4.55. The maximum atomic E-state index is 14.2. The first-order valence-electron chi connectivity index (χ1n) is 8.96. The summed E-state index contributed by atoms with van der Waals surface area (Å²) in [5, 5.41) is 17.5. The third-order valence-electron chi connectivity index (χ3n) is 4.55. The van der Waals surface area contributed by atoms with Gasteiger partial charge in [0.1, 0.15) is 5.52 Å². The number of fused-ring (bicyclic) bond motifs is 1. The summed E-state index contributed by atoms with van der Waals surface area (Å²) in [6.45, 7) is 6.90. The monoisotopic (exact) mass is 375 g/mol. The summed E-state index contributed by atoms with van der Waals surface area (Å²) in [5.41, 5.74) is 7.47. The van der Waals surface area contributed by atoms with Gasteiger partial charge in [0.05, 0.1) is 30.6 Å². The van der Waals surface area contributed by atoms with Crippen molar-refractivity contribution in [3.05, 3.63) is 41.6 Å². The third kappa shape index (κ3) is 4.45. The topological polar surface area (TPSA) is 97.7 Å². The lowest BCUT2D eigenvalue weighted by molar-refractivity contribution is -0.0136. The van der Waals surface area contributed by atoms with Crippen molar-refractivity contribution in [1.29, 1.82) is 0 Å². The molecule has 0 aliphatic carbocycles. The lowest BCUT2D eigenvalue weighted by Gasteiger charge is -2.28. The minimum atomic E-state index is -0.635. The van der Waals surface area contributed by atoms with E-state index in [-0.39, 0.29) is 23.6 Å². The van der Waals surface area contributed by atoms with Crippen LogP contribution in [0.4, 0.5) is 10.3 Å². The molecule has 1 aliphatic rings. The predicted octanol–water partition coefficient (Wildman–Crippen LogP) is 2.33. The molecule has 0 radical (unpaired) electrons. The standard InChI is InChI=1S/C19H26FN5O2/c1-19(2,3)17(21)6-4-5-12-9-13(20)15-10-22-18(24-25(12)15)23-14-7-8-27-11-16(14)26/h4-6,9-10,14,16,26H,7-8,11,21H2,1-3H3,(H,23,24)/b5-4+,17-6-/t14-,16-/m1/s1. The van der Waals surface area contributed by atoms with Crippen molar-refractivity contribution in [3.8, 4) is 0 Å². The van der Waals surface area contributed by atoms with Crippen molar-refractivity contribution in [2.75, 3.05) is 18.5 Å². The van der Waals surface area contributed by atoms with Crippen molar-refractivity contribution in [3.63, 3.8) is 0 Å². The Balaban J connectivity index is 1.86. The molecule has 2 aromatic heterocycles. The molecule has 0 bridgehead atoms. The average Bonchev–Trinajstić information content (AvgIpc) is 2.92. The van der Waals surface area contributed by atoms with Crippen molar-refractivity contribution in [2.45, 2.75) is 39.3 Å². The number of halogens is 1. The second kappa shape index (κ2) is 7.66. The molecule has 2 atom stereocenters. The van der Waals surface area contributed by atoms with E-state index >= 15 is 0 Å². The van der Waals surface area contributed by atoms with Crippen LogP contribution in [0.2, 0.25) is 0 Å². The second-order valence-corrected chi connectivity index (χ2v) is 7.71. The Bertz CT molecular complexity index is 869. The van der Waals surface area contributed by atoms with Gasteiger partial charge in [0.2, 0.25) is 5.95 Å². The van der Waals surface area contributed by atoms with Gasteiger partial charge >= 0.3 is 0 Å². The largest absolute Gasteiger partial charge is 0.402 e. The molecular formula is C19H26FN5O2. The SMILES string of the molecule is CC(C)(C)/C(N)=C/C=C/c1cc(F)c2cnc(N[C@@H]3CCOC[C@H]3O)nn12. The first kappa shape index (κ1) is 19.3. The highest BCUT2D eigenvalue weighted by molar-refractivity contribution is 5.59. The van der Waals surface area contributed by atoms with E-state index < -0.39 is 11.9 Å². The highest BCUT2D eigenvalue weighted by Gasteiger charge is 2.24. The summed E-state index contributed by atoms with van der Waals surface area (Å²) in [4.78, 5) is 4.16. The number of hydrogen-bond acceptors (Lipinski definition) is 6. The predicted molar refractivity (Wildman–Crippen MR) is 103 cm³/mol. The molecule has 8 heteroatoms. The summed E-state index contributed by atoms with van der Waals surface area (Å²) in [5.74, 6) is -0.0801. The van der Waals surface area contributed by atoms with E-state index in [0.717, 1.165) is 5.70 Å². The molecule has 3 heterocycles. The van der Waals surface area contributed by atoms with E-state index in [0.29, 0.717) is 24.7 Å². The molecule has 0 unspecified atom stereocenters. The van der Waals surface area contributed by atoms with E-state index in [9.17, 15) is 9.50 Å². The fourth-order valence-corrected chi connectivity index (χ4v) is 2.72. The van der Waals surface area contributed by atoms with Gasteiger partial charge < -0.3 is 20.9 Å². The zero-order valence-electron chi connectivity index (χ0n) is 15.8. The van der Waals surface area contributed by atoms with Gasteiger partial charge in [0, 0.05) is 23.8 Å². The summed E-state index contributed by atoms with van der Waals surface area (Å²) < 4.78 is 20.9. The van der Waals surface area contributed by atoms with Gasteiger partial charge in [0.25, 0.3) is 0 Å². The molecule has 1 aliphatic heterocycles. The molecule has 0 amide bonds. The molecule has 0 spiro atoms. The Morgan fingerprint density at radius 1 is 1.48 bits per heavy atom. The summed E-state index contributed by atoms with van der Waals surface area (Å²) in [6, 6.07) is 1.19. The minimum Gasteiger partial charge on any atom is -0.402 e. The maximum absolute atomic E-state index is 14.2. The number of aromatic nitrogens is 3.